The summed E-state index contributed by atoms with van der Waals surface area (Å²) in [5.41, 5.74) is 2.75. The van der Waals surface area contributed by atoms with Crippen LogP contribution in [0, 0.1) is 5.92 Å². The summed E-state index contributed by atoms with van der Waals surface area (Å²) in [6.07, 6.45) is 1.31. The SMILES string of the molecule is CCC1CN(c2ccc(CNC(C)C)cc2)C1. The van der Waals surface area contributed by atoms with Crippen molar-refractivity contribution in [1.82, 2.24) is 5.32 Å². The van der Waals surface area contributed by atoms with E-state index in [0.717, 1.165) is 12.5 Å². The lowest BCUT2D eigenvalue weighted by atomic mass is 9.96. The molecule has 17 heavy (non-hydrogen) atoms. The average Bonchev–Trinajstić information content (AvgIpc) is 2.26. The molecule has 0 atom stereocenters. The molecule has 0 unspecified atom stereocenters. The van der Waals surface area contributed by atoms with Crippen LogP contribution in [0.3, 0.4) is 0 Å². The van der Waals surface area contributed by atoms with Crippen LogP contribution in [0.25, 0.3) is 0 Å². The van der Waals surface area contributed by atoms with Gasteiger partial charge in [0.25, 0.3) is 0 Å². The lowest BCUT2D eigenvalue weighted by Gasteiger charge is -2.40. The third kappa shape index (κ3) is 3.22. The zero-order valence-corrected chi connectivity index (χ0v) is 11.2. The van der Waals surface area contributed by atoms with E-state index in [0.29, 0.717) is 6.04 Å². The Bertz CT molecular complexity index is 336. The van der Waals surface area contributed by atoms with Gasteiger partial charge >= 0.3 is 0 Å². The molecule has 2 nitrogen and oxygen atoms in total. The van der Waals surface area contributed by atoms with Crippen LogP contribution in [0.4, 0.5) is 5.69 Å². The van der Waals surface area contributed by atoms with E-state index in [2.05, 4.69) is 55.3 Å². The van der Waals surface area contributed by atoms with Gasteiger partial charge in [0.05, 0.1) is 0 Å². The zero-order chi connectivity index (χ0) is 12.3. The van der Waals surface area contributed by atoms with E-state index in [-0.39, 0.29) is 0 Å². The maximum absolute atomic E-state index is 3.44. The molecular formula is C15H24N2. The van der Waals surface area contributed by atoms with Crippen molar-refractivity contribution in [1.29, 1.82) is 0 Å². The second kappa shape index (κ2) is 5.54. The Hall–Kier alpha value is -1.02. The number of rotatable bonds is 5. The molecule has 0 spiro atoms. The van der Waals surface area contributed by atoms with Crippen LogP contribution in [0.1, 0.15) is 32.8 Å². The lowest BCUT2D eigenvalue weighted by Crippen LogP contribution is -2.46. The minimum atomic E-state index is 0.551. The van der Waals surface area contributed by atoms with Gasteiger partial charge < -0.3 is 10.2 Å². The normalized spacial score (nSPS) is 16.4. The molecule has 1 saturated heterocycles. The minimum absolute atomic E-state index is 0.551. The largest absolute Gasteiger partial charge is 0.371 e. The van der Waals surface area contributed by atoms with Crippen molar-refractivity contribution < 1.29 is 0 Å². The van der Waals surface area contributed by atoms with Gasteiger partial charge in [-0.15, -0.1) is 0 Å². The second-order valence-corrected chi connectivity index (χ2v) is 5.38. The second-order valence-electron chi connectivity index (χ2n) is 5.38. The van der Waals surface area contributed by atoms with Gasteiger partial charge in [-0.25, -0.2) is 0 Å². The summed E-state index contributed by atoms with van der Waals surface area (Å²) in [7, 11) is 0. The van der Waals surface area contributed by atoms with Crippen molar-refractivity contribution in [3.05, 3.63) is 29.8 Å². The fraction of sp³-hybridized carbons (Fsp3) is 0.600. The first kappa shape index (κ1) is 12.4. The van der Waals surface area contributed by atoms with Crippen molar-refractivity contribution in [3.8, 4) is 0 Å². The Kier molecular flexibility index (Phi) is 4.06. The quantitative estimate of drug-likeness (QED) is 0.839. The van der Waals surface area contributed by atoms with Crippen LogP contribution in [-0.4, -0.2) is 19.1 Å². The van der Waals surface area contributed by atoms with Crippen LogP contribution in [0.15, 0.2) is 24.3 Å². The molecule has 0 aromatic heterocycles. The number of hydrogen-bond acceptors (Lipinski definition) is 2. The Balaban J connectivity index is 1.86. The van der Waals surface area contributed by atoms with Gasteiger partial charge in [-0.2, -0.15) is 0 Å². The molecule has 2 rings (SSSR count). The van der Waals surface area contributed by atoms with Crippen LogP contribution in [-0.2, 0) is 6.54 Å². The molecule has 1 N–H and O–H groups in total. The van der Waals surface area contributed by atoms with Gasteiger partial charge in [0.2, 0.25) is 0 Å². The van der Waals surface area contributed by atoms with E-state index in [1.807, 2.05) is 0 Å². The molecule has 1 aliphatic heterocycles. The summed E-state index contributed by atoms with van der Waals surface area (Å²) in [4.78, 5) is 2.47. The summed E-state index contributed by atoms with van der Waals surface area (Å²) >= 11 is 0. The smallest absolute Gasteiger partial charge is 0.0366 e. The van der Waals surface area contributed by atoms with Crippen molar-refractivity contribution in [2.24, 2.45) is 5.92 Å². The molecule has 0 saturated carbocycles. The monoisotopic (exact) mass is 232 g/mol. The third-order valence-electron chi connectivity index (χ3n) is 3.55. The van der Waals surface area contributed by atoms with Gasteiger partial charge in [-0.1, -0.05) is 32.9 Å². The van der Waals surface area contributed by atoms with Gasteiger partial charge in [-0.3, -0.25) is 0 Å². The van der Waals surface area contributed by atoms with Gasteiger partial charge in [0.1, 0.15) is 0 Å². The maximum atomic E-state index is 3.44. The fourth-order valence-electron chi connectivity index (χ4n) is 2.19. The first-order chi connectivity index (χ1) is 8.19. The molecule has 1 heterocycles. The predicted octanol–water partition coefficient (Wildman–Crippen LogP) is 3.03. The standard InChI is InChI=1S/C15H24N2/c1-4-13-10-17(11-13)15-7-5-14(6-8-15)9-16-12(2)3/h5-8,12-13,16H,4,9-11H2,1-3H3. The van der Waals surface area contributed by atoms with Gasteiger partial charge in [0, 0.05) is 31.4 Å². The molecule has 1 aromatic rings. The molecule has 0 bridgehead atoms. The summed E-state index contributed by atoms with van der Waals surface area (Å²) in [6, 6.07) is 9.54. The van der Waals surface area contributed by atoms with E-state index in [9.17, 15) is 0 Å². The highest BCUT2D eigenvalue weighted by molar-refractivity contribution is 5.49. The molecule has 2 heteroatoms. The molecular weight excluding hydrogens is 208 g/mol. The van der Waals surface area contributed by atoms with Crippen LogP contribution < -0.4 is 10.2 Å². The number of nitrogens with one attached hydrogen (secondary N) is 1. The highest BCUT2D eigenvalue weighted by atomic mass is 15.2. The molecule has 1 aliphatic rings. The molecule has 0 amide bonds. The Labute approximate surface area is 105 Å². The summed E-state index contributed by atoms with van der Waals surface area (Å²) in [6.45, 7) is 10.1. The number of benzene rings is 1. The highest BCUT2D eigenvalue weighted by Crippen LogP contribution is 2.26. The van der Waals surface area contributed by atoms with Crippen molar-refractivity contribution in [2.45, 2.75) is 39.8 Å². The average molecular weight is 232 g/mol. The minimum Gasteiger partial charge on any atom is -0.371 e. The van der Waals surface area contributed by atoms with E-state index >= 15 is 0 Å². The Morgan fingerprint density at radius 1 is 1.24 bits per heavy atom. The van der Waals surface area contributed by atoms with Crippen molar-refractivity contribution in [3.63, 3.8) is 0 Å². The fourth-order valence-corrected chi connectivity index (χ4v) is 2.19. The van der Waals surface area contributed by atoms with E-state index < -0.39 is 0 Å². The summed E-state index contributed by atoms with van der Waals surface area (Å²) in [5, 5.41) is 3.44. The molecule has 1 aromatic carbocycles. The number of hydrogen-bond donors (Lipinski definition) is 1. The maximum Gasteiger partial charge on any atom is 0.0366 e. The van der Waals surface area contributed by atoms with E-state index in [4.69, 9.17) is 0 Å². The van der Waals surface area contributed by atoms with Crippen LogP contribution in [0.5, 0.6) is 0 Å². The third-order valence-corrected chi connectivity index (χ3v) is 3.55. The summed E-state index contributed by atoms with van der Waals surface area (Å²) < 4.78 is 0. The Morgan fingerprint density at radius 2 is 1.88 bits per heavy atom. The molecule has 94 valence electrons. The Morgan fingerprint density at radius 3 is 2.41 bits per heavy atom. The van der Waals surface area contributed by atoms with Crippen molar-refractivity contribution >= 4 is 5.69 Å². The zero-order valence-electron chi connectivity index (χ0n) is 11.2. The number of anilines is 1. The number of nitrogens with zero attached hydrogens (tertiary/aromatic N) is 1. The molecule has 0 radical (unpaired) electrons. The van der Waals surface area contributed by atoms with Gasteiger partial charge in [0.15, 0.2) is 0 Å². The first-order valence-electron chi connectivity index (χ1n) is 6.76. The predicted molar refractivity (Wildman–Crippen MR) is 74.4 cm³/mol. The highest BCUT2D eigenvalue weighted by Gasteiger charge is 2.24. The van der Waals surface area contributed by atoms with Crippen molar-refractivity contribution in [2.75, 3.05) is 18.0 Å². The van der Waals surface area contributed by atoms with Crippen LogP contribution >= 0.6 is 0 Å². The van der Waals surface area contributed by atoms with E-state index in [1.54, 1.807) is 0 Å². The lowest BCUT2D eigenvalue weighted by molar-refractivity contribution is 0.399. The first-order valence-corrected chi connectivity index (χ1v) is 6.76. The topological polar surface area (TPSA) is 15.3 Å². The molecule has 1 fully saturated rings. The molecule has 0 aliphatic carbocycles. The van der Waals surface area contributed by atoms with Gasteiger partial charge in [-0.05, 0) is 30.0 Å². The van der Waals surface area contributed by atoms with E-state index in [1.165, 1.54) is 30.8 Å². The summed E-state index contributed by atoms with van der Waals surface area (Å²) in [5.74, 6) is 0.914. The van der Waals surface area contributed by atoms with Crippen LogP contribution in [0.2, 0.25) is 0 Å².